The van der Waals surface area contributed by atoms with E-state index < -0.39 is 17.8 Å². The third-order valence-electron chi connectivity index (χ3n) is 5.19. The molecule has 3 aromatic rings. The van der Waals surface area contributed by atoms with E-state index in [0.717, 1.165) is 0 Å². The van der Waals surface area contributed by atoms with Crippen molar-refractivity contribution in [3.8, 4) is 5.75 Å². The maximum Gasteiger partial charge on any atom is 0.253 e. The van der Waals surface area contributed by atoms with Gasteiger partial charge >= 0.3 is 0 Å². The molecule has 2 aromatic carbocycles. The highest BCUT2D eigenvalue weighted by Crippen LogP contribution is 2.35. The van der Waals surface area contributed by atoms with E-state index >= 15 is 0 Å². The van der Waals surface area contributed by atoms with E-state index in [1.54, 1.807) is 12.1 Å². The smallest absolute Gasteiger partial charge is 0.253 e. The van der Waals surface area contributed by atoms with Crippen LogP contribution in [0, 0.1) is 5.82 Å². The number of aliphatic hydroxyl groups excluding tert-OH is 1. The molecule has 34 heavy (non-hydrogen) atoms. The number of carbonyl (C=O) groups excluding carboxylic acids is 1. The maximum atomic E-state index is 13.5. The number of hydrogen-bond acceptors (Lipinski definition) is 7. The van der Waals surface area contributed by atoms with Crippen LogP contribution in [0.2, 0.25) is 5.02 Å². The Labute approximate surface area is 208 Å². The van der Waals surface area contributed by atoms with E-state index in [9.17, 15) is 14.3 Å². The van der Waals surface area contributed by atoms with E-state index in [2.05, 4.69) is 43.1 Å². The fourth-order valence-electron chi connectivity index (χ4n) is 3.32. The summed E-state index contributed by atoms with van der Waals surface area (Å²) in [5.41, 5.74) is 1.42. The SMILES string of the molecule is C=C(C(=O)Nc1cc2c(Nc3ccc(F)c(Cl)c3)ncnc2cc1O[C@H]1CCOC1)C(O)CBr. The first-order chi connectivity index (χ1) is 16.4. The molecule has 1 amide bonds. The van der Waals surface area contributed by atoms with Crippen molar-refractivity contribution >= 4 is 61.5 Å². The molecule has 4 rings (SSSR count). The van der Waals surface area contributed by atoms with Gasteiger partial charge in [-0.15, -0.1) is 0 Å². The summed E-state index contributed by atoms with van der Waals surface area (Å²) in [4.78, 5) is 21.3. The minimum absolute atomic E-state index is 0.00395. The molecular weight excluding hydrogens is 531 g/mol. The maximum absolute atomic E-state index is 13.5. The Morgan fingerprint density at radius 3 is 2.91 bits per heavy atom. The van der Waals surface area contributed by atoms with E-state index in [1.165, 1.54) is 24.5 Å². The Morgan fingerprint density at radius 1 is 1.38 bits per heavy atom. The lowest BCUT2D eigenvalue weighted by Crippen LogP contribution is -2.25. The third-order valence-corrected chi connectivity index (χ3v) is 6.09. The standard InChI is InChI=1S/C23H21BrClFN4O4/c1-12(20(31)9-24)23(32)30-19-7-15-18(8-21(19)34-14-4-5-33-10-14)27-11-28-22(15)29-13-2-3-17(26)16(25)6-13/h2-3,6-8,11,14,20,31H,1,4-5,9-10H2,(H,30,32)(H,27,28,29)/t14-,20?/m0/s1. The van der Waals surface area contributed by atoms with Crippen LogP contribution in [0.25, 0.3) is 10.9 Å². The van der Waals surface area contributed by atoms with Crippen molar-refractivity contribution in [3.63, 3.8) is 0 Å². The number of hydrogen-bond donors (Lipinski definition) is 3. The average Bonchev–Trinajstić information content (AvgIpc) is 3.34. The zero-order valence-corrected chi connectivity index (χ0v) is 20.2. The van der Waals surface area contributed by atoms with Gasteiger partial charge in [0.1, 0.15) is 29.8 Å². The molecule has 1 aliphatic rings. The van der Waals surface area contributed by atoms with Gasteiger partial charge in [-0.2, -0.15) is 0 Å². The molecule has 11 heteroatoms. The minimum atomic E-state index is -1.04. The Bertz CT molecular complexity index is 1240. The predicted octanol–water partition coefficient (Wildman–Crippen LogP) is 4.58. The van der Waals surface area contributed by atoms with Gasteiger partial charge in [-0.25, -0.2) is 14.4 Å². The van der Waals surface area contributed by atoms with E-state index in [0.29, 0.717) is 53.5 Å². The second-order valence-electron chi connectivity index (χ2n) is 7.59. The Balaban J connectivity index is 1.72. The summed E-state index contributed by atoms with van der Waals surface area (Å²) in [6, 6.07) is 7.57. The van der Waals surface area contributed by atoms with Gasteiger partial charge < -0.3 is 25.2 Å². The molecule has 0 radical (unpaired) electrons. The highest BCUT2D eigenvalue weighted by Gasteiger charge is 2.22. The summed E-state index contributed by atoms with van der Waals surface area (Å²) >= 11 is 9.03. The molecule has 8 nitrogen and oxygen atoms in total. The first-order valence-electron chi connectivity index (χ1n) is 10.3. The van der Waals surface area contributed by atoms with Crippen LogP contribution < -0.4 is 15.4 Å². The molecule has 0 bridgehead atoms. The molecule has 1 aliphatic heterocycles. The molecule has 1 aromatic heterocycles. The number of ether oxygens (including phenoxy) is 2. The first kappa shape index (κ1) is 24.3. The molecule has 2 atom stereocenters. The predicted molar refractivity (Wildman–Crippen MR) is 132 cm³/mol. The normalized spacial score (nSPS) is 16.3. The molecule has 0 saturated carbocycles. The molecule has 2 heterocycles. The van der Waals surface area contributed by atoms with Gasteiger partial charge in [0, 0.05) is 34.5 Å². The number of rotatable bonds is 8. The zero-order chi connectivity index (χ0) is 24.2. The van der Waals surface area contributed by atoms with Gasteiger partial charge in [0.15, 0.2) is 0 Å². The molecule has 3 N–H and O–H groups in total. The number of benzene rings is 2. The minimum Gasteiger partial charge on any atom is -0.486 e. The summed E-state index contributed by atoms with van der Waals surface area (Å²) in [5, 5.41) is 16.5. The quantitative estimate of drug-likeness (QED) is 0.278. The number of aliphatic hydroxyl groups is 1. The van der Waals surface area contributed by atoms with Crippen molar-refractivity contribution < 1.29 is 23.8 Å². The van der Waals surface area contributed by atoms with Gasteiger partial charge in [0.05, 0.1) is 35.5 Å². The fraction of sp³-hybridized carbons (Fsp3) is 0.261. The highest BCUT2D eigenvalue weighted by atomic mass is 79.9. The van der Waals surface area contributed by atoms with Gasteiger partial charge in [-0.3, -0.25) is 4.79 Å². The second kappa shape index (κ2) is 10.6. The molecule has 1 fully saturated rings. The second-order valence-corrected chi connectivity index (χ2v) is 8.65. The molecule has 0 spiro atoms. The Kier molecular flexibility index (Phi) is 7.62. The number of halogens is 3. The summed E-state index contributed by atoms with van der Waals surface area (Å²) in [6.45, 7) is 4.69. The van der Waals surface area contributed by atoms with Crippen molar-refractivity contribution in [2.45, 2.75) is 18.6 Å². The summed E-state index contributed by atoms with van der Waals surface area (Å²) in [7, 11) is 0. The van der Waals surface area contributed by atoms with Crippen LogP contribution in [0.5, 0.6) is 5.75 Å². The van der Waals surface area contributed by atoms with Crippen LogP contribution >= 0.6 is 27.5 Å². The van der Waals surface area contributed by atoms with E-state index in [4.69, 9.17) is 21.1 Å². The molecular formula is C23H21BrClFN4O4. The number of amides is 1. The molecule has 0 aliphatic carbocycles. The monoisotopic (exact) mass is 550 g/mol. The Hall–Kier alpha value is -2.79. The van der Waals surface area contributed by atoms with Crippen molar-refractivity contribution in [1.29, 1.82) is 0 Å². The Morgan fingerprint density at radius 2 is 2.21 bits per heavy atom. The van der Waals surface area contributed by atoms with Crippen molar-refractivity contribution in [1.82, 2.24) is 9.97 Å². The summed E-state index contributed by atoms with van der Waals surface area (Å²) in [6.07, 6.45) is 0.870. The van der Waals surface area contributed by atoms with Crippen molar-refractivity contribution in [2.24, 2.45) is 0 Å². The topological polar surface area (TPSA) is 106 Å². The number of nitrogens with zero attached hydrogens (tertiary/aromatic N) is 2. The number of anilines is 3. The fourth-order valence-corrected chi connectivity index (χ4v) is 3.89. The number of nitrogens with one attached hydrogen (secondary N) is 2. The number of carbonyl (C=O) groups is 1. The van der Waals surface area contributed by atoms with Crippen LogP contribution in [0.4, 0.5) is 21.6 Å². The lowest BCUT2D eigenvalue weighted by atomic mass is 10.1. The molecule has 1 unspecified atom stereocenters. The zero-order valence-electron chi connectivity index (χ0n) is 17.9. The van der Waals surface area contributed by atoms with Gasteiger partial charge in [0.2, 0.25) is 0 Å². The largest absolute Gasteiger partial charge is 0.486 e. The van der Waals surface area contributed by atoms with Crippen LogP contribution in [0.3, 0.4) is 0 Å². The van der Waals surface area contributed by atoms with Gasteiger partial charge in [0.25, 0.3) is 5.91 Å². The lowest BCUT2D eigenvalue weighted by Gasteiger charge is -2.19. The van der Waals surface area contributed by atoms with Crippen LogP contribution in [0.15, 0.2) is 48.8 Å². The average molecular weight is 552 g/mol. The summed E-state index contributed by atoms with van der Waals surface area (Å²) < 4.78 is 25.0. The van der Waals surface area contributed by atoms with Gasteiger partial charge in [-0.05, 0) is 24.3 Å². The summed E-state index contributed by atoms with van der Waals surface area (Å²) in [5.74, 6) is -0.283. The van der Waals surface area contributed by atoms with E-state index in [-0.39, 0.29) is 22.0 Å². The molecule has 1 saturated heterocycles. The van der Waals surface area contributed by atoms with Crippen LogP contribution in [-0.4, -0.2) is 51.7 Å². The third kappa shape index (κ3) is 5.47. The number of aromatic nitrogens is 2. The van der Waals surface area contributed by atoms with E-state index in [1.807, 2.05) is 0 Å². The van der Waals surface area contributed by atoms with Crippen molar-refractivity contribution in [3.05, 3.63) is 59.7 Å². The first-order valence-corrected chi connectivity index (χ1v) is 11.8. The molecule has 178 valence electrons. The lowest BCUT2D eigenvalue weighted by molar-refractivity contribution is -0.113. The highest BCUT2D eigenvalue weighted by molar-refractivity contribution is 9.09. The van der Waals surface area contributed by atoms with Gasteiger partial charge in [-0.1, -0.05) is 34.1 Å². The van der Waals surface area contributed by atoms with Crippen molar-refractivity contribution in [2.75, 3.05) is 29.2 Å². The number of fused-ring (bicyclic) bond motifs is 1. The van der Waals surface area contributed by atoms with Crippen LogP contribution in [0.1, 0.15) is 6.42 Å². The van der Waals surface area contributed by atoms with Crippen LogP contribution in [-0.2, 0) is 9.53 Å². The number of alkyl halides is 1.